The fraction of sp³-hybridized carbons (Fsp3) is 0. The summed E-state index contributed by atoms with van der Waals surface area (Å²) in [6.07, 6.45) is 0. The van der Waals surface area contributed by atoms with E-state index in [0.717, 1.165) is 31.7 Å². The van der Waals surface area contributed by atoms with Gasteiger partial charge in [-0.2, -0.15) is 5.26 Å². The number of thiophene rings is 1. The van der Waals surface area contributed by atoms with Crippen molar-refractivity contribution in [3.63, 3.8) is 0 Å². The molecule has 27 heavy (non-hydrogen) atoms. The minimum absolute atomic E-state index is 0.252. The summed E-state index contributed by atoms with van der Waals surface area (Å²) in [5.41, 5.74) is 11.3. The van der Waals surface area contributed by atoms with E-state index in [2.05, 4.69) is 51.2 Å². The third kappa shape index (κ3) is 3.50. The van der Waals surface area contributed by atoms with E-state index in [4.69, 9.17) is 5.73 Å². The first-order valence-electron chi connectivity index (χ1n) is 8.26. The first-order chi connectivity index (χ1) is 13.2. The van der Waals surface area contributed by atoms with Gasteiger partial charge in [0.15, 0.2) is 0 Å². The summed E-state index contributed by atoms with van der Waals surface area (Å²) in [6.45, 7) is 0. The summed E-state index contributed by atoms with van der Waals surface area (Å²) < 4.78 is 0.982. The molecule has 0 amide bonds. The van der Waals surface area contributed by atoms with Gasteiger partial charge in [0, 0.05) is 25.9 Å². The number of hydrogen-bond acceptors (Lipinski definition) is 4. The molecule has 0 atom stereocenters. The Kier molecular flexibility index (Phi) is 4.76. The molecule has 0 bridgehead atoms. The minimum atomic E-state index is 0.252. The lowest BCUT2D eigenvalue weighted by Crippen LogP contribution is -1.99. The van der Waals surface area contributed by atoms with Gasteiger partial charge in [-0.05, 0) is 39.2 Å². The molecule has 2 aromatic heterocycles. The summed E-state index contributed by atoms with van der Waals surface area (Å²) in [5, 5.41) is 11.5. The van der Waals surface area contributed by atoms with Gasteiger partial charge in [-0.3, -0.25) is 0 Å². The molecule has 4 aromatic rings. The predicted molar refractivity (Wildman–Crippen MR) is 115 cm³/mol. The maximum atomic E-state index is 9.51. The van der Waals surface area contributed by atoms with E-state index < -0.39 is 0 Å². The molecule has 130 valence electrons. The molecule has 0 aliphatic carbocycles. The molecule has 3 nitrogen and oxygen atoms in total. The maximum absolute atomic E-state index is 9.51. The summed E-state index contributed by atoms with van der Waals surface area (Å²) in [6, 6.07) is 24.5. The highest BCUT2D eigenvalue weighted by molar-refractivity contribution is 9.10. The zero-order chi connectivity index (χ0) is 18.8. The molecule has 0 fully saturated rings. The maximum Gasteiger partial charge on any atom is 0.142 e. The molecule has 2 heterocycles. The summed E-state index contributed by atoms with van der Waals surface area (Å²) in [7, 11) is 0. The van der Waals surface area contributed by atoms with E-state index in [0.29, 0.717) is 5.56 Å². The molecule has 2 N–H and O–H groups in total. The van der Waals surface area contributed by atoms with Crippen LogP contribution in [0.4, 0.5) is 5.82 Å². The van der Waals surface area contributed by atoms with Crippen molar-refractivity contribution >= 4 is 33.1 Å². The number of halogens is 1. The molecule has 4 rings (SSSR count). The van der Waals surface area contributed by atoms with Gasteiger partial charge in [0.05, 0.1) is 5.69 Å². The molecule has 0 aliphatic rings. The average molecular weight is 432 g/mol. The van der Waals surface area contributed by atoms with Crippen LogP contribution in [0.2, 0.25) is 0 Å². The number of anilines is 1. The monoisotopic (exact) mass is 431 g/mol. The van der Waals surface area contributed by atoms with Crippen LogP contribution < -0.4 is 5.73 Å². The normalized spacial score (nSPS) is 10.5. The largest absolute Gasteiger partial charge is 0.383 e. The van der Waals surface area contributed by atoms with E-state index in [1.54, 1.807) is 11.3 Å². The zero-order valence-corrected chi connectivity index (χ0v) is 16.6. The summed E-state index contributed by atoms with van der Waals surface area (Å²) >= 11 is 5.03. The minimum Gasteiger partial charge on any atom is -0.383 e. The fourth-order valence-corrected chi connectivity index (χ4v) is 4.39. The topological polar surface area (TPSA) is 62.7 Å². The van der Waals surface area contributed by atoms with Crippen molar-refractivity contribution in [2.75, 3.05) is 5.73 Å². The summed E-state index contributed by atoms with van der Waals surface area (Å²) in [5.74, 6) is 0.252. The Bertz CT molecular complexity index is 1140. The number of nitriles is 1. The number of benzene rings is 2. The van der Waals surface area contributed by atoms with Gasteiger partial charge in [-0.25, -0.2) is 4.98 Å². The average Bonchev–Trinajstić information content (AvgIpc) is 3.14. The molecule has 2 aromatic carbocycles. The van der Waals surface area contributed by atoms with Crippen LogP contribution in [0.5, 0.6) is 0 Å². The third-order valence-corrected chi connectivity index (χ3v) is 6.00. The van der Waals surface area contributed by atoms with Gasteiger partial charge in [-0.15, -0.1) is 11.3 Å². The van der Waals surface area contributed by atoms with Gasteiger partial charge in [-0.1, -0.05) is 54.6 Å². The Hall–Kier alpha value is -2.94. The van der Waals surface area contributed by atoms with E-state index in [1.807, 2.05) is 47.8 Å². The Balaban J connectivity index is 1.78. The second-order valence-corrected chi connectivity index (χ2v) is 7.83. The van der Waals surface area contributed by atoms with E-state index in [-0.39, 0.29) is 5.82 Å². The van der Waals surface area contributed by atoms with Crippen LogP contribution in [0.1, 0.15) is 5.56 Å². The predicted octanol–water partition coefficient (Wildman–Crippen LogP) is 6.36. The smallest absolute Gasteiger partial charge is 0.142 e. The number of nitrogens with zero attached hydrogens (tertiary/aromatic N) is 2. The highest BCUT2D eigenvalue weighted by atomic mass is 79.9. The highest BCUT2D eigenvalue weighted by Crippen LogP contribution is 2.36. The van der Waals surface area contributed by atoms with Crippen molar-refractivity contribution in [1.82, 2.24) is 4.98 Å². The van der Waals surface area contributed by atoms with Crippen LogP contribution in [-0.4, -0.2) is 4.98 Å². The lowest BCUT2D eigenvalue weighted by Gasteiger charge is -2.09. The first kappa shape index (κ1) is 17.5. The molecule has 0 spiro atoms. The molecule has 0 saturated heterocycles. The molecule has 0 aliphatic heterocycles. The van der Waals surface area contributed by atoms with Crippen molar-refractivity contribution in [3.05, 3.63) is 82.1 Å². The number of hydrogen-bond donors (Lipinski definition) is 1. The lowest BCUT2D eigenvalue weighted by atomic mass is 10.0. The number of nitrogen functional groups attached to an aromatic ring is 1. The fourth-order valence-electron chi connectivity index (χ4n) is 2.94. The van der Waals surface area contributed by atoms with Gasteiger partial charge in [0.25, 0.3) is 0 Å². The van der Waals surface area contributed by atoms with Gasteiger partial charge >= 0.3 is 0 Å². The number of pyridine rings is 1. The van der Waals surface area contributed by atoms with Gasteiger partial charge in [0.1, 0.15) is 17.5 Å². The Labute approximate surface area is 169 Å². The second-order valence-electron chi connectivity index (χ2n) is 6.00. The van der Waals surface area contributed by atoms with Crippen molar-refractivity contribution in [3.8, 4) is 38.9 Å². The third-order valence-electron chi connectivity index (χ3n) is 4.28. The Morgan fingerprint density at radius 2 is 1.59 bits per heavy atom. The Morgan fingerprint density at radius 3 is 2.22 bits per heavy atom. The number of nitrogens with two attached hydrogens (primary N) is 1. The first-order valence-corrected chi connectivity index (χ1v) is 9.94. The van der Waals surface area contributed by atoms with Crippen LogP contribution >= 0.6 is 27.3 Å². The van der Waals surface area contributed by atoms with Crippen LogP contribution in [-0.2, 0) is 0 Å². The number of rotatable bonds is 3. The molecule has 0 radical (unpaired) electrons. The highest BCUT2D eigenvalue weighted by Gasteiger charge is 2.15. The molecule has 0 saturated carbocycles. The van der Waals surface area contributed by atoms with Crippen LogP contribution in [0.25, 0.3) is 32.8 Å². The van der Waals surface area contributed by atoms with Crippen molar-refractivity contribution in [1.29, 1.82) is 5.26 Å². The van der Waals surface area contributed by atoms with Gasteiger partial charge in [0.2, 0.25) is 0 Å². The summed E-state index contributed by atoms with van der Waals surface area (Å²) in [4.78, 5) is 5.44. The van der Waals surface area contributed by atoms with Crippen molar-refractivity contribution in [2.45, 2.75) is 0 Å². The molecule has 5 heteroatoms. The van der Waals surface area contributed by atoms with E-state index >= 15 is 0 Å². The van der Waals surface area contributed by atoms with Crippen LogP contribution in [0.3, 0.4) is 0 Å². The Morgan fingerprint density at radius 1 is 0.926 bits per heavy atom. The standard InChI is InChI=1S/C22H14BrN3S/c23-17-10-21(27-13-17)18-11-20(26-22(25)19(18)12-24)16-8-6-15(7-9-16)14-4-2-1-3-5-14/h1-11,13H,(H2,25,26). The van der Waals surface area contributed by atoms with E-state index in [9.17, 15) is 5.26 Å². The zero-order valence-electron chi connectivity index (χ0n) is 14.2. The van der Waals surface area contributed by atoms with Gasteiger partial charge < -0.3 is 5.73 Å². The molecular formula is C22H14BrN3S. The van der Waals surface area contributed by atoms with E-state index in [1.165, 1.54) is 5.56 Å². The molecule has 0 unspecified atom stereocenters. The van der Waals surface area contributed by atoms with Crippen molar-refractivity contribution in [2.24, 2.45) is 0 Å². The van der Waals surface area contributed by atoms with Crippen LogP contribution in [0, 0.1) is 11.3 Å². The molecular weight excluding hydrogens is 418 g/mol. The van der Waals surface area contributed by atoms with Crippen LogP contribution in [0.15, 0.2) is 76.6 Å². The second kappa shape index (κ2) is 7.36. The SMILES string of the molecule is N#Cc1c(-c2cc(Br)cs2)cc(-c2ccc(-c3ccccc3)cc2)nc1N. The lowest BCUT2D eigenvalue weighted by molar-refractivity contribution is 1.31. The quantitative estimate of drug-likeness (QED) is 0.410. The number of aromatic nitrogens is 1. The van der Waals surface area contributed by atoms with Crippen molar-refractivity contribution < 1.29 is 0 Å².